The van der Waals surface area contributed by atoms with Gasteiger partial charge in [0.2, 0.25) is 5.13 Å². The van der Waals surface area contributed by atoms with E-state index in [0.717, 1.165) is 11.4 Å². The number of hydrogen-bond acceptors (Lipinski definition) is 6. The molecule has 0 unspecified atom stereocenters. The summed E-state index contributed by atoms with van der Waals surface area (Å²) in [5.74, 6) is 1.25. The number of amides is 1. The summed E-state index contributed by atoms with van der Waals surface area (Å²) in [4.78, 5) is 12.4. The fraction of sp³-hybridized carbons (Fsp3) is 0.471. The van der Waals surface area contributed by atoms with Crippen LogP contribution in [0, 0.1) is 0 Å². The Balaban J connectivity index is 2.14. The molecular weight excluding hydrogens is 326 g/mol. The van der Waals surface area contributed by atoms with E-state index in [2.05, 4.69) is 15.5 Å². The van der Waals surface area contributed by atoms with Gasteiger partial charge in [0.1, 0.15) is 5.01 Å². The highest BCUT2D eigenvalue weighted by molar-refractivity contribution is 7.15. The van der Waals surface area contributed by atoms with Gasteiger partial charge in [-0.25, -0.2) is 0 Å². The molecule has 0 fully saturated rings. The molecule has 0 saturated heterocycles. The van der Waals surface area contributed by atoms with Crippen molar-refractivity contribution in [2.75, 3.05) is 18.5 Å². The van der Waals surface area contributed by atoms with Crippen molar-refractivity contribution in [3.8, 4) is 11.5 Å². The minimum atomic E-state index is -0.246. The van der Waals surface area contributed by atoms with E-state index in [4.69, 9.17) is 9.47 Å². The fourth-order valence-corrected chi connectivity index (χ4v) is 2.68. The lowest BCUT2D eigenvalue weighted by molar-refractivity contribution is 0.102. The summed E-state index contributed by atoms with van der Waals surface area (Å²) in [6, 6.07) is 5.16. The minimum absolute atomic E-state index is 0.246. The van der Waals surface area contributed by atoms with Gasteiger partial charge in [0.25, 0.3) is 5.91 Å². The van der Waals surface area contributed by atoms with Crippen LogP contribution < -0.4 is 14.8 Å². The molecular formula is C17H23N3O3S. The largest absolute Gasteiger partial charge is 0.490 e. The zero-order chi connectivity index (χ0) is 17.5. The Labute approximate surface area is 146 Å². The van der Waals surface area contributed by atoms with E-state index in [-0.39, 0.29) is 11.8 Å². The maximum absolute atomic E-state index is 12.4. The summed E-state index contributed by atoms with van der Waals surface area (Å²) in [6.07, 6.45) is 0.906. The number of hydrogen-bond donors (Lipinski definition) is 1. The molecule has 0 aliphatic carbocycles. The van der Waals surface area contributed by atoms with Gasteiger partial charge >= 0.3 is 0 Å². The first-order chi connectivity index (χ1) is 11.5. The highest BCUT2D eigenvalue weighted by Crippen LogP contribution is 2.29. The lowest BCUT2D eigenvalue weighted by Crippen LogP contribution is -2.12. The van der Waals surface area contributed by atoms with Crippen LogP contribution in [0.4, 0.5) is 5.13 Å². The average Bonchev–Trinajstić information content (AvgIpc) is 3.02. The first kappa shape index (κ1) is 18.2. The normalized spacial score (nSPS) is 10.7. The van der Waals surface area contributed by atoms with Gasteiger partial charge in [-0.2, -0.15) is 0 Å². The van der Waals surface area contributed by atoms with Gasteiger partial charge in [0, 0.05) is 11.5 Å². The van der Waals surface area contributed by atoms with Gasteiger partial charge in [-0.3, -0.25) is 10.1 Å². The number of aromatic nitrogens is 2. The molecule has 0 atom stereocenters. The molecule has 6 nitrogen and oxygen atoms in total. The fourth-order valence-electron chi connectivity index (χ4n) is 1.94. The van der Waals surface area contributed by atoms with Crippen molar-refractivity contribution in [2.24, 2.45) is 0 Å². The standard InChI is InChI=1S/C17H23N3O3S/c1-5-9-23-13-8-7-12(10-14(13)22-6-2)15(21)18-17-20-19-16(24-17)11(3)4/h7-8,10-11H,5-6,9H2,1-4H3,(H,18,20,21). The summed E-state index contributed by atoms with van der Waals surface area (Å²) in [5, 5.41) is 12.2. The molecule has 130 valence electrons. The van der Waals surface area contributed by atoms with Crippen LogP contribution in [0.5, 0.6) is 11.5 Å². The lowest BCUT2D eigenvalue weighted by atomic mass is 10.2. The molecule has 1 N–H and O–H groups in total. The van der Waals surface area contributed by atoms with Crippen LogP contribution >= 0.6 is 11.3 Å². The number of nitrogens with one attached hydrogen (secondary N) is 1. The second-order valence-corrected chi connectivity index (χ2v) is 6.51. The van der Waals surface area contributed by atoms with Gasteiger partial charge in [-0.1, -0.05) is 32.1 Å². The van der Waals surface area contributed by atoms with Crippen molar-refractivity contribution < 1.29 is 14.3 Å². The van der Waals surface area contributed by atoms with E-state index >= 15 is 0 Å². The number of ether oxygens (including phenoxy) is 2. The van der Waals surface area contributed by atoms with E-state index in [0.29, 0.717) is 35.4 Å². The van der Waals surface area contributed by atoms with Crippen molar-refractivity contribution in [3.05, 3.63) is 28.8 Å². The first-order valence-corrected chi connectivity index (χ1v) is 8.91. The summed E-state index contributed by atoms with van der Waals surface area (Å²) in [7, 11) is 0. The number of anilines is 1. The van der Waals surface area contributed by atoms with Crippen molar-refractivity contribution >= 4 is 22.4 Å². The van der Waals surface area contributed by atoms with Crippen molar-refractivity contribution in [2.45, 2.75) is 40.0 Å². The molecule has 1 aromatic heterocycles. The van der Waals surface area contributed by atoms with Crippen molar-refractivity contribution in [1.29, 1.82) is 0 Å². The molecule has 2 aromatic rings. The van der Waals surface area contributed by atoms with Gasteiger partial charge in [0.05, 0.1) is 13.2 Å². The van der Waals surface area contributed by atoms with Crippen LogP contribution in [0.3, 0.4) is 0 Å². The number of nitrogens with zero attached hydrogens (tertiary/aromatic N) is 2. The third-order valence-electron chi connectivity index (χ3n) is 3.12. The van der Waals surface area contributed by atoms with Crippen molar-refractivity contribution in [3.63, 3.8) is 0 Å². The minimum Gasteiger partial charge on any atom is -0.490 e. The third kappa shape index (κ3) is 4.67. The summed E-state index contributed by atoms with van der Waals surface area (Å²) < 4.78 is 11.2. The molecule has 0 spiro atoms. The topological polar surface area (TPSA) is 73.3 Å². The third-order valence-corrected chi connectivity index (χ3v) is 4.26. The highest BCUT2D eigenvalue weighted by Gasteiger charge is 2.14. The van der Waals surface area contributed by atoms with Gasteiger partial charge in [-0.05, 0) is 31.5 Å². The number of rotatable bonds is 8. The van der Waals surface area contributed by atoms with Gasteiger partial charge in [0.15, 0.2) is 11.5 Å². The average molecular weight is 349 g/mol. The zero-order valence-electron chi connectivity index (χ0n) is 14.5. The SMILES string of the molecule is CCCOc1ccc(C(=O)Nc2nnc(C(C)C)s2)cc1OCC. The summed E-state index contributed by atoms with van der Waals surface area (Å²) >= 11 is 1.38. The van der Waals surface area contributed by atoms with Crippen LogP contribution in [-0.4, -0.2) is 29.3 Å². The van der Waals surface area contributed by atoms with E-state index < -0.39 is 0 Å². The molecule has 1 amide bonds. The zero-order valence-corrected chi connectivity index (χ0v) is 15.3. The lowest BCUT2D eigenvalue weighted by Gasteiger charge is -2.12. The predicted molar refractivity (Wildman–Crippen MR) is 95.3 cm³/mol. The highest BCUT2D eigenvalue weighted by atomic mass is 32.1. The van der Waals surface area contributed by atoms with Crippen LogP contribution in [0.1, 0.15) is 55.4 Å². The van der Waals surface area contributed by atoms with E-state index in [9.17, 15) is 4.79 Å². The van der Waals surface area contributed by atoms with Crippen LogP contribution in [0.2, 0.25) is 0 Å². The molecule has 0 saturated carbocycles. The summed E-state index contributed by atoms with van der Waals surface area (Å²) in [5.41, 5.74) is 0.489. The number of carbonyl (C=O) groups excluding carboxylic acids is 1. The summed E-state index contributed by atoms with van der Waals surface area (Å²) in [6.45, 7) is 9.11. The number of benzene rings is 1. The first-order valence-electron chi connectivity index (χ1n) is 8.09. The molecule has 0 radical (unpaired) electrons. The molecule has 1 aromatic carbocycles. The van der Waals surface area contributed by atoms with Crippen LogP contribution in [0.15, 0.2) is 18.2 Å². The molecule has 7 heteroatoms. The smallest absolute Gasteiger partial charge is 0.257 e. The molecule has 0 aliphatic rings. The van der Waals surface area contributed by atoms with E-state index in [1.165, 1.54) is 11.3 Å². The number of carbonyl (C=O) groups is 1. The monoisotopic (exact) mass is 349 g/mol. The molecule has 2 rings (SSSR count). The van der Waals surface area contributed by atoms with Gasteiger partial charge < -0.3 is 9.47 Å². The second-order valence-electron chi connectivity index (χ2n) is 5.50. The molecule has 24 heavy (non-hydrogen) atoms. The molecule has 1 heterocycles. The Morgan fingerprint density at radius 1 is 1.21 bits per heavy atom. The second kappa shape index (κ2) is 8.63. The van der Waals surface area contributed by atoms with E-state index in [1.54, 1.807) is 18.2 Å². The maximum Gasteiger partial charge on any atom is 0.257 e. The predicted octanol–water partition coefficient (Wildman–Crippen LogP) is 4.10. The van der Waals surface area contributed by atoms with Gasteiger partial charge in [-0.15, -0.1) is 10.2 Å². The van der Waals surface area contributed by atoms with Crippen molar-refractivity contribution in [1.82, 2.24) is 10.2 Å². The van der Waals surface area contributed by atoms with Crippen LogP contribution in [0.25, 0.3) is 0 Å². The Morgan fingerprint density at radius 2 is 2.00 bits per heavy atom. The Morgan fingerprint density at radius 3 is 2.62 bits per heavy atom. The Hall–Kier alpha value is -2.15. The quantitative estimate of drug-likeness (QED) is 0.776. The molecule has 0 aliphatic heterocycles. The molecule has 0 bridgehead atoms. The van der Waals surface area contributed by atoms with E-state index in [1.807, 2.05) is 27.7 Å². The van der Waals surface area contributed by atoms with Crippen LogP contribution in [-0.2, 0) is 0 Å². The Kier molecular flexibility index (Phi) is 6.54. The Bertz CT molecular complexity index is 685. The maximum atomic E-state index is 12.4.